The quantitative estimate of drug-likeness (QED) is 0.506. The highest BCUT2D eigenvalue weighted by molar-refractivity contribution is 6.32. The molecule has 1 aliphatic rings. The molecule has 74 valence electrons. The number of rotatable bonds is 2. The zero-order valence-electron chi connectivity index (χ0n) is 8.05. The molecule has 0 saturated heterocycles. The van der Waals surface area contributed by atoms with Crippen molar-refractivity contribution in [2.75, 3.05) is 7.11 Å². The summed E-state index contributed by atoms with van der Waals surface area (Å²) in [6.45, 7) is 2.01. The van der Waals surface area contributed by atoms with Crippen molar-refractivity contribution < 1.29 is 14.3 Å². The third kappa shape index (κ3) is 1.99. The molecule has 0 aromatic heterocycles. The average Bonchev–Trinajstić information content (AvgIpc) is 2.09. The Kier molecular flexibility index (Phi) is 2.90. The number of carbonyl (C=O) groups is 2. The number of carbonyl (C=O) groups excluding carboxylic acids is 2. The van der Waals surface area contributed by atoms with Crippen LogP contribution in [0.2, 0.25) is 0 Å². The van der Waals surface area contributed by atoms with Gasteiger partial charge in [-0.15, -0.1) is 0 Å². The van der Waals surface area contributed by atoms with Gasteiger partial charge in [0.05, 0.1) is 7.11 Å². The summed E-state index contributed by atoms with van der Waals surface area (Å²) in [5.41, 5.74) is -0.134. The van der Waals surface area contributed by atoms with Crippen molar-refractivity contribution in [3.8, 4) is 0 Å². The summed E-state index contributed by atoms with van der Waals surface area (Å²) in [6, 6.07) is 0. The molecule has 0 spiro atoms. The summed E-state index contributed by atoms with van der Waals surface area (Å²) in [4.78, 5) is 22.0. The summed E-state index contributed by atoms with van der Waals surface area (Å²) in [7, 11) is 1.21. The van der Waals surface area contributed by atoms with Gasteiger partial charge in [0.15, 0.2) is 0 Å². The zero-order valence-corrected chi connectivity index (χ0v) is 8.05. The molecule has 1 saturated carbocycles. The fourth-order valence-corrected chi connectivity index (χ4v) is 1.56. The molecule has 1 amide bonds. The third-order valence-electron chi connectivity index (χ3n) is 2.74. The largest absolute Gasteiger partial charge is 0.462 e. The first-order valence-corrected chi connectivity index (χ1v) is 4.54. The van der Waals surface area contributed by atoms with Crippen LogP contribution < -0.4 is 5.32 Å². The van der Waals surface area contributed by atoms with Gasteiger partial charge in [-0.25, -0.2) is 4.79 Å². The number of nitrogens with one attached hydrogen (secondary N) is 1. The Morgan fingerprint density at radius 2 is 2.08 bits per heavy atom. The van der Waals surface area contributed by atoms with Crippen LogP contribution in [0.25, 0.3) is 0 Å². The topological polar surface area (TPSA) is 55.4 Å². The van der Waals surface area contributed by atoms with Crippen LogP contribution in [0.3, 0.4) is 0 Å². The van der Waals surface area contributed by atoms with E-state index in [4.69, 9.17) is 0 Å². The lowest BCUT2D eigenvalue weighted by Gasteiger charge is -2.41. The monoisotopic (exact) mass is 185 g/mol. The predicted octanol–water partition coefficient (Wildman–Crippen LogP) is 0.608. The molecular formula is C9H15NO3. The molecule has 0 aromatic carbocycles. The molecule has 1 N–H and O–H groups in total. The number of hydrogen-bond donors (Lipinski definition) is 1. The normalized spacial score (nSPS) is 18.6. The molecule has 0 bridgehead atoms. The van der Waals surface area contributed by atoms with Crippen LogP contribution in [0.4, 0.5) is 0 Å². The molecule has 1 aliphatic carbocycles. The van der Waals surface area contributed by atoms with E-state index in [9.17, 15) is 9.59 Å². The van der Waals surface area contributed by atoms with Crippen LogP contribution in [0.5, 0.6) is 0 Å². The number of ether oxygens (including phenoxy) is 1. The maximum absolute atomic E-state index is 11.2. The molecule has 0 aliphatic heterocycles. The second kappa shape index (κ2) is 3.77. The van der Waals surface area contributed by atoms with Crippen LogP contribution in [-0.4, -0.2) is 24.5 Å². The second-order valence-electron chi connectivity index (χ2n) is 3.43. The highest BCUT2D eigenvalue weighted by Crippen LogP contribution is 2.34. The minimum atomic E-state index is -0.806. The Balaban J connectivity index is 2.47. The van der Waals surface area contributed by atoms with Crippen LogP contribution in [0.1, 0.15) is 32.6 Å². The number of hydrogen-bond acceptors (Lipinski definition) is 3. The Labute approximate surface area is 77.6 Å². The minimum Gasteiger partial charge on any atom is -0.462 e. The number of esters is 1. The van der Waals surface area contributed by atoms with Crippen molar-refractivity contribution in [2.24, 2.45) is 0 Å². The van der Waals surface area contributed by atoms with E-state index in [2.05, 4.69) is 10.1 Å². The standard InChI is InChI=1S/C9H15NO3/c1-3-9(5-4-6-9)10-7(11)8(12)13-2/h3-6H2,1-2H3,(H,10,11). The van der Waals surface area contributed by atoms with Crippen LogP contribution in [0, 0.1) is 0 Å². The first kappa shape index (κ1) is 10.0. The van der Waals surface area contributed by atoms with Gasteiger partial charge in [-0.1, -0.05) is 6.92 Å². The van der Waals surface area contributed by atoms with Gasteiger partial charge in [0.1, 0.15) is 0 Å². The molecule has 4 nitrogen and oxygen atoms in total. The van der Waals surface area contributed by atoms with E-state index in [1.165, 1.54) is 7.11 Å². The van der Waals surface area contributed by atoms with Crippen molar-refractivity contribution in [3.05, 3.63) is 0 Å². The molecule has 0 aromatic rings. The molecule has 0 atom stereocenters. The Morgan fingerprint density at radius 3 is 2.38 bits per heavy atom. The summed E-state index contributed by atoms with van der Waals surface area (Å²) < 4.78 is 4.32. The maximum atomic E-state index is 11.2. The molecule has 0 radical (unpaired) electrons. The number of amides is 1. The van der Waals surface area contributed by atoms with E-state index in [0.29, 0.717) is 0 Å². The fourth-order valence-electron chi connectivity index (χ4n) is 1.56. The molecule has 13 heavy (non-hydrogen) atoms. The van der Waals surface area contributed by atoms with Crippen molar-refractivity contribution in [1.82, 2.24) is 5.32 Å². The highest BCUT2D eigenvalue weighted by Gasteiger charge is 2.37. The predicted molar refractivity (Wildman–Crippen MR) is 47.0 cm³/mol. The van der Waals surface area contributed by atoms with Crippen molar-refractivity contribution in [2.45, 2.75) is 38.1 Å². The molecule has 1 fully saturated rings. The second-order valence-corrected chi connectivity index (χ2v) is 3.43. The van der Waals surface area contributed by atoms with Crippen molar-refractivity contribution in [3.63, 3.8) is 0 Å². The van der Waals surface area contributed by atoms with E-state index >= 15 is 0 Å². The summed E-state index contributed by atoms with van der Waals surface area (Å²) in [6.07, 6.45) is 3.92. The third-order valence-corrected chi connectivity index (χ3v) is 2.74. The van der Waals surface area contributed by atoms with Crippen molar-refractivity contribution >= 4 is 11.9 Å². The average molecular weight is 185 g/mol. The summed E-state index contributed by atoms with van der Waals surface area (Å²) in [5, 5.41) is 2.72. The maximum Gasteiger partial charge on any atom is 0.396 e. The number of methoxy groups -OCH3 is 1. The van der Waals surface area contributed by atoms with Gasteiger partial charge in [0.25, 0.3) is 0 Å². The Hall–Kier alpha value is -1.06. The zero-order chi connectivity index (χ0) is 9.90. The molecule has 1 rings (SSSR count). The molecular weight excluding hydrogens is 170 g/mol. The first-order valence-electron chi connectivity index (χ1n) is 4.54. The van der Waals surface area contributed by atoms with Gasteiger partial charge in [0, 0.05) is 5.54 Å². The van der Waals surface area contributed by atoms with E-state index < -0.39 is 11.9 Å². The summed E-state index contributed by atoms with van der Waals surface area (Å²) in [5.74, 6) is -1.43. The van der Waals surface area contributed by atoms with Gasteiger partial charge in [-0.2, -0.15) is 0 Å². The Morgan fingerprint density at radius 1 is 1.46 bits per heavy atom. The molecule has 0 unspecified atom stereocenters. The van der Waals surface area contributed by atoms with Gasteiger partial charge in [-0.3, -0.25) is 4.79 Å². The van der Waals surface area contributed by atoms with Gasteiger partial charge in [0.2, 0.25) is 0 Å². The van der Waals surface area contributed by atoms with E-state index in [1.54, 1.807) is 0 Å². The fraction of sp³-hybridized carbons (Fsp3) is 0.778. The molecule has 0 heterocycles. The van der Waals surface area contributed by atoms with E-state index in [-0.39, 0.29) is 5.54 Å². The lowest BCUT2D eigenvalue weighted by molar-refractivity contribution is -0.154. The van der Waals surface area contributed by atoms with Crippen LogP contribution in [-0.2, 0) is 14.3 Å². The van der Waals surface area contributed by atoms with E-state index in [1.807, 2.05) is 6.92 Å². The van der Waals surface area contributed by atoms with Gasteiger partial charge >= 0.3 is 11.9 Å². The molecule has 4 heteroatoms. The van der Waals surface area contributed by atoms with E-state index in [0.717, 1.165) is 25.7 Å². The van der Waals surface area contributed by atoms with Crippen LogP contribution in [0.15, 0.2) is 0 Å². The van der Waals surface area contributed by atoms with Crippen molar-refractivity contribution in [1.29, 1.82) is 0 Å². The lowest BCUT2D eigenvalue weighted by Crippen LogP contribution is -2.54. The van der Waals surface area contributed by atoms with Gasteiger partial charge in [-0.05, 0) is 25.7 Å². The lowest BCUT2D eigenvalue weighted by atomic mass is 9.75. The van der Waals surface area contributed by atoms with Crippen LogP contribution >= 0.6 is 0 Å². The summed E-state index contributed by atoms with van der Waals surface area (Å²) >= 11 is 0. The SMILES string of the molecule is CCC1(NC(=O)C(=O)OC)CCC1. The minimum absolute atomic E-state index is 0.134. The first-order chi connectivity index (χ1) is 6.13. The smallest absolute Gasteiger partial charge is 0.396 e. The van der Waals surface area contributed by atoms with Gasteiger partial charge < -0.3 is 10.1 Å². The Bertz CT molecular complexity index is 215. The highest BCUT2D eigenvalue weighted by atomic mass is 16.5.